The molecule has 2 heterocycles. The molecular weight excluding hydrogens is 398 g/mol. The Morgan fingerprint density at radius 3 is 2.25 bits per heavy atom. The van der Waals surface area contributed by atoms with Gasteiger partial charge in [-0.05, 0) is 60.2 Å². The van der Waals surface area contributed by atoms with Crippen molar-refractivity contribution < 1.29 is 9.21 Å². The van der Waals surface area contributed by atoms with Crippen LogP contribution in [0.4, 0.5) is 0 Å². The monoisotopic (exact) mass is 423 g/mol. The summed E-state index contributed by atoms with van der Waals surface area (Å²) in [6.45, 7) is 6.47. The smallest absolute Gasteiger partial charge is 0.291 e. The molecular formula is C28H25NO3. The summed E-state index contributed by atoms with van der Waals surface area (Å²) in [6, 6.07) is 21.3. The second-order valence-electron chi connectivity index (χ2n) is 8.52. The topological polar surface area (TPSA) is 50.5 Å². The van der Waals surface area contributed by atoms with E-state index in [1.807, 2.05) is 68.4 Å². The lowest BCUT2D eigenvalue weighted by Gasteiger charge is -2.25. The van der Waals surface area contributed by atoms with E-state index in [2.05, 4.69) is 19.1 Å². The van der Waals surface area contributed by atoms with Gasteiger partial charge < -0.3 is 9.32 Å². The number of nitrogens with zero attached hydrogens (tertiary/aromatic N) is 1. The van der Waals surface area contributed by atoms with Gasteiger partial charge in [0, 0.05) is 6.54 Å². The Morgan fingerprint density at radius 1 is 0.875 bits per heavy atom. The van der Waals surface area contributed by atoms with Gasteiger partial charge in [0.15, 0.2) is 5.43 Å². The summed E-state index contributed by atoms with van der Waals surface area (Å²) >= 11 is 0. The fourth-order valence-corrected chi connectivity index (χ4v) is 4.50. The van der Waals surface area contributed by atoms with E-state index in [0.717, 1.165) is 28.7 Å². The van der Waals surface area contributed by atoms with Gasteiger partial charge in [-0.15, -0.1) is 0 Å². The van der Waals surface area contributed by atoms with E-state index in [-0.39, 0.29) is 17.1 Å². The van der Waals surface area contributed by atoms with Crippen molar-refractivity contribution >= 4 is 16.9 Å². The molecule has 0 N–H and O–H groups in total. The minimum atomic E-state index is -0.481. The lowest BCUT2D eigenvalue weighted by molar-refractivity contribution is 0.0714. The summed E-state index contributed by atoms with van der Waals surface area (Å²) in [5, 5.41) is 0.524. The van der Waals surface area contributed by atoms with E-state index >= 15 is 0 Å². The molecule has 0 saturated carbocycles. The van der Waals surface area contributed by atoms with Crippen LogP contribution in [0.15, 0.2) is 75.9 Å². The molecule has 3 aromatic carbocycles. The molecule has 0 spiro atoms. The third-order valence-corrected chi connectivity index (χ3v) is 6.48. The van der Waals surface area contributed by atoms with Crippen molar-refractivity contribution in [2.45, 2.75) is 39.8 Å². The van der Waals surface area contributed by atoms with E-state index in [4.69, 9.17) is 4.42 Å². The van der Waals surface area contributed by atoms with Crippen LogP contribution >= 0.6 is 0 Å². The van der Waals surface area contributed by atoms with Crippen molar-refractivity contribution in [2.75, 3.05) is 0 Å². The SMILES string of the molecule is CCc1ccc(C2c3c(oc4cc(C)c(C)cc4c3=O)C(=O)N2Cc2ccccc2)cc1. The molecule has 1 aromatic heterocycles. The molecule has 32 heavy (non-hydrogen) atoms. The Morgan fingerprint density at radius 2 is 1.56 bits per heavy atom. The van der Waals surface area contributed by atoms with Gasteiger partial charge in [-0.3, -0.25) is 9.59 Å². The second kappa shape index (κ2) is 7.79. The predicted molar refractivity (Wildman–Crippen MR) is 126 cm³/mol. The minimum Gasteiger partial charge on any atom is -0.450 e. The Kier molecular flexibility index (Phi) is 4.93. The third kappa shape index (κ3) is 3.23. The summed E-state index contributed by atoms with van der Waals surface area (Å²) in [7, 11) is 0. The maximum atomic E-state index is 13.7. The largest absolute Gasteiger partial charge is 0.450 e. The molecule has 1 amide bonds. The summed E-state index contributed by atoms with van der Waals surface area (Å²) in [4.78, 5) is 29.0. The van der Waals surface area contributed by atoms with Crippen molar-refractivity contribution in [2.24, 2.45) is 0 Å². The van der Waals surface area contributed by atoms with E-state index in [0.29, 0.717) is 23.1 Å². The van der Waals surface area contributed by atoms with Gasteiger partial charge in [0.2, 0.25) is 5.76 Å². The Hall–Kier alpha value is -3.66. The average Bonchev–Trinajstić information content (AvgIpc) is 3.08. The number of amides is 1. The molecule has 5 rings (SSSR count). The maximum absolute atomic E-state index is 13.7. The van der Waals surface area contributed by atoms with Gasteiger partial charge in [-0.25, -0.2) is 0 Å². The molecule has 0 bridgehead atoms. The number of carbonyl (C=O) groups excluding carboxylic acids is 1. The summed E-state index contributed by atoms with van der Waals surface area (Å²) in [5.74, 6) is -0.0862. The van der Waals surface area contributed by atoms with Gasteiger partial charge in [-0.1, -0.05) is 61.5 Å². The highest BCUT2D eigenvalue weighted by atomic mass is 16.3. The zero-order valence-electron chi connectivity index (χ0n) is 18.5. The third-order valence-electron chi connectivity index (χ3n) is 6.48. The molecule has 1 atom stereocenters. The van der Waals surface area contributed by atoms with Crippen LogP contribution in [-0.2, 0) is 13.0 Å². The van der Waals surface area contributed by atoms with Crippen LogP contribution in [0.2, 0.25) is 0 Å². The fraction of sp³-hybridized carbons (Fsp3) is 0.214. The van der Waals surface area contributed by atoms with Crippen molar-refractivity contribution in [1.29, 1.82) is 0 Å². The highest BCUT2D eigenvalue weighted by Gasteiger charge is 2.42. The summed E-state index contributed by atoms with van der Waals surface area (Å²) in [5.41, 5.74) is 5.96. The highest BCUT2D eigenvalue weighted by Crippen LogP contribution is 2.39. The predicted octanol–water partition coefficient (Wildman–Crippen LogP) is 5.72. The average molecular weight is 424 g/mol. The second-order valence-corrected chi connectivity index (χ2v) is 8.52. The van der Waals surface area contributed by atoms with Crippen LogP contribution in [0, 0.1) is 13.8 Å². The molecule has 0 aliphatic carbocycles. The van der Waals surface area contributed by atoms with Crippen molar-refractivity contribution in [1.82, 2.24) is 4.90 Å². The maximum Gasteiger partial charge on any atom is 0.291 e. The zero-order chi connectivity index (χ0) is 22.4. The molecule has 160 valence electrons. The number of rotatable bonds is 4. The molecule has 4 aromatic rings. The molecule has 0 saturated heterocycles. The molecule has 4 nitrogen and oxygen atoms in total. The van der Waals surface area contributed by atoms with E-state index in [1.165, 1.54) is 5.56 Å². The highest BCUT2D eigenvalue weighted by molar-refractivity contribution is 5.99. The van der Waals surface area contributed by atoms with Crippen LogP contribution in [0.3, 0.4) is 0 Å². The van der Waals surface area contributed by atoms with Crippen LogP contribution < -0.4 is 5.43 Å². The van der Waals surface area contributed by atoms with Crippen molar-refractivity contribution in [3.8, 4) is 0 Å². The van der Waals surface area contributed by atoms with Gasteiger partial charge >= 0.3 is 0 Å². The molecule has 4 heteroatoms. The Bertz CT molecular complexity index is 1380. The minimum absolute atomic E-state index is 0.127. The van der Waals surface area contributed by atoms with Gasteiger partial charge in [-0.2, -0.15) is 0 Å². The first-order valence-corrected chi connectivity index (χ1v) is 11.0. The molecule has 1 unspecified atom stereocenters. The van der Waals surface area contributed by atoms with Crippen LogP contribution in [0.5, 0.6) is 0 Å². The number of aryl methyl sites for hydroxylation is 3. The normalized spacial score (nSPS) is 15.4. The van der Waals surface area contributed by atoms with E-state index < -0.39 is 6.04 Å². The van der Waals surface area contributed by atoms with Crippen LogP contribution in [-0.4, -0.2) is 10.8 Å². The lowest BCUT2D eigenvalue weighted by Crippen LogP contribution is -2.29. The lowest BCUT2D eigenvalue weighted by atomic mass is 9.96. The van der Waals surface area contributed by atoms with Crippen LogP contribution in [0.25, 0.3) is 11.0 Å². The van der Waals surface area contributed by atoms with Gasteiger partial charge in [0.05, 0.1) is 17.0 Å². The van der Waals surface area contributed by atoms with Gasteiger partial charge in [0.1, 0.15) is 5.58 Å². The number of benzene rings is 3. The van der Waals surface area contributed by atoms with E-state index in [9.17, 15) is 9.59 Å². The zero-order valence-corrected chi connectivity index (χ0v) is 18.5. The molecule has 0 fully saturated rings. The van der Waals surface area contributed by atoms with Crippen LogP contribution in [0.1, 0.15) is 56.9 Å². The fourth-order valence-electron chi connectivity index (χ4n) is 4.50. The Balaban J connectivity index is 1.73. The van der Waals surface area contributed by atoms with Crippen molar-refractivity contribution in [3.63, 3.8) is 0 Å². The molecule has 1 aliphatic rings. The van der Waals surface area contributed by atoms with E-state index in [1.54, 1.807) is 4.90 Å². The molecule has 1 aliphatic heterocycles. The number of carbonyl (C=O) groups is 1. The quantitative estimate of drug-likeness (QED) is 0.422. The van der Waals surface area contributed by atoms with Gasteiger partial charge in [0.25, 0.3) is 5.91 Å². The summed E-state index contributed by atoms with van der Waals surface area (Å²) in [6.07, 6.45) is 0.930. The molecule has 0 radical (unpaired) electrons. The number of hydrogen-bond acceptors (Lipinski definition) is 3. The number of fused-ring (bicyclic) bond motifs is 2. The first-order chi connectivity index (χ1) is 15.5. The first kappa shape index (κ1) is 20.3. The number of hydrogen-bond donors (Lipinski definition) is 0. The summed E-state index contributed by atoms with van der Waals surface area (Å²) < 4.78 is 6.11. The Labute approximate surface area is 187 Å². The van der Waals surface area contributed by atoms with Crippen molar-refractivity contribution in [3.05, 3.63) is 116 Å². The first-order valence-electron chi connectivity index (χ1n) is 11.0. The standard InChI is InChI=1S/C28H25NO3/c1-4-19-10-12-21(13-11-19)25-24-26(30)22-14-17(2)18(3)15-23(22)32-27(24)28(31)29(25)16-20-8-6-5-7-9-20/h5-15,25H,4,16H2,1-3H3.